The molecule has 18 unspecified atom stereocenters. The van der Waals surface area contributed by atoms with Gasteiger partial charge in [0.1, 0.15) is 67.1 Å². The van der Waals surface area contributed by atoms with Crippen molar-refractivity contribution in [2.75, 3.05) is 26.4 Å². The summed E-state index contributed by atoms with van der Waals surface area (Å²) in [5.74, 6) is -6.14. The van der Waals surface area contributed by atoms with E-state index in [4.69, 9.17) is 28.4 Å². The van der Waals surface area contributed by atoms with Crippen LogP contribution in [0, 0.1) is 0 Å². The minimum Gasteiger partial charge on any atom is -0.477 e. The molecule has 23 nitrogen and oxygen atoms in total. The summed E-state index contributed by atoms with van der Waals surface area (Å²) in [6, 6.07) is -2.61. The van der Waals surface area contributed by atoms with Crippen molar-refractivity contribution >= 4 is 17.8 Å². The third kappa shape index (κ3) is 27.9. The fourth-order valence-corrected chi connectivity index (χ4v) is 11.6. The summed E-state index contributed by atoms with van der Waals surface area (Å²) in [7, 11) is 0. The van der Waals surface area contributed by atoms with Crippen molar-refractivity contribution in [3.05, 3.63) is 12.2 Å². The second-order valence-electron chi connectivity index (χ2n) is 24.3. The molecule has 0 radical (unpaired) electrons. The molecular formula is C63H116N2O21. The monoisotopic (exact) mass is 1240 g/mol. The van der Waals surface area contributed by atoms with Gasteiger partial charge in [-0.2, -0.15) is 0 Å². The fraction of sp³-hybridized carbons (Fsp3) is 0.921. The second kappa shape index (κ2) is 44.9. The number of ether oxygens (including phenoxy) is 6. The lowest BCUT2D eigenvalue weighted by Gasteiger charge is -2.50. The van der Waals surface area contributed by atoms with E-state index >= 15 is 0 Å². The van der Waals surface area contributed by atoms with E-state index in [0.717, 1.165) is 51.9 Å². The Morgan fingerprint density at radius 2 is 1.08 bits per heavy atom. The lowest BCUT2D eigenvalue weighted by molar-refractivity contribution is -0.386. The minimum atomic E-state index is -3.08. The van der Waals surface area contributed by atoms with E-state index in [2.05, 4.69) is 24.5 Å². The van der Waals surface area contributed by atoms with Crippen LogP contribution in [0.25, 0.3) is 0 Å². The molecular weight excluding hydrogens is 1120 g/mol. The average molecular weight is 1240 g/mol. The number of amides is 2. The van der Waals surface area contributed by atoms with Crippen LogP contribution in [-0.4, -0.2) is 215 Å². The highest BCUT2D eigenvalue weighted by Crippen LogP contribution is 2.38. The molecule has 504 valence electrons. The van der Waals surface area contributed by atoms with Gasteiger partial charge in [0.15, 0.2) is 12.6 Å². The van der Waals surface area contributed by atoms with Gasteiger partial charge in [0.05, 0.1) is 50.7 Å². The smallest absolute Gasteiger partial charge is 0.364 e. The van der Waals surface area contributed by atoms with Crippen LogP contribution in [0.4, 0.5) is 0 Å². The maximum atomic E-state index is 13.4. The number of aliphatic carboxylic acids is 1. The number of allylic oxidation sites excluding steroid dienone is 1. The molecule has 23 heteroatoms. The summed E-state index contributed by atoms with van der Waals surface area (Å²) in [6.45, 7) is 2.13. The molecule has 3 aliphatic rings. The van der Waals surface area contributed by atoms with Crippen molar-refractivity contribution in [3.8, 4) is 0 Å². The van der Waals surface area contributed by atoms with Crippen molar-refractivity contribution in [1.29, 1.82) is 0 Å². The van der Waals surface area contributed by atoms with Gasteiger partial charge in [-0.05, 0) is 19.3 Å². The van der Waals surface area contributed by atoms with Gasteiger partial charge in [0.25, 0.3) is 5.79 Å². The summed E-state index contributed by atoms with van der Waals surface area (Å²) in [4.78, 5) is 38.5. The van der Waals surface area contributed by atoms with Crippen LogP contribution in [0.1, 0.15) is 233 Å². The predicted octanol–water partition coefficient (Wildman–Crippen LogP) is 4.73. The molecule has 0 aromatic carbocycles. The van der Waals surface area contributed by atoms with Crippen LogP contribution in [0.3, 0.4) is 0 Å². The average Bonchev–Trinajstić information content (AvgIpc) is 1.40. The quantitative estimate of drug-likeness (QED) is 0.0289. The number of carbonyl (C=O) groups is 3. The van der Waals surface area contributed by atoms with Crippen molar-refractivity contribution in [1.82, 2.24) is 10.6 Å². The molecule has 14 N–H and O–H groups in total. The third-order valence-electron chi connectivity index (χ3n) is 17.0. The molecule has 3 rings (SSSR count). The Labute approximate surface area is 511 Å². The molecule has 3 aliphatic heterocycles. The lowest BCUT2D eigenvalue weighted by atomic mass is 9.88. The molecule has 0 aliphatic carbocycles. The number of carbonyl (C=O) groups excluding carboxylic acids is 2. The zero-order chi connectivity index (χ0) is 63.3. The van der Waals surface area contributed by atoms with Crippen LogP contribution in [-0.2, 0) is 42.8 Å². The van der Waals surface area contributed by atoms with E-state index < -0.39 is 155 Å². The Balaban J connectivity index is 1.64. The van der Waals surface area contributed by atoms with E-state index in [-0.39, 0.29) is 12.3 Å². The van der Waals surface area contributed by atoms with Gasteiger partial charge in [0.2, 0.25) is 11.8 Å². The van der Waals surface area contributed by atoms with Gasteiger partial charge >= 0.3 is 5.97 Å². The van der Waals surface area contributed by atoms with Crippen molar-refractivity contribution in [3.63, 3.8) is 0 Å². The van der Waals surface area contributed by atoms with Crippen LogP contribution in [0.15, 0.2) is 12.2 Å². The number of nitrogens with one attached hydrogen (secondary N) is 2. The van der Waals surface area contributed by atoms with E-state index in [0.29, 0.717) is 12.8 Å². The van der Waals surface area contributed by atoms with Crippen molar-refractivity contribution in [2.45, 2.75) is 342 Å². The number of aliphatic hydroxyl groups is 11. The molecule has 3 fully saturated rings. The fourth-order valence-electron chi connectivity index (χ4n) is 11.6. The summed E-state index contributed by atoms with van der Waals surface area (Å²) in [5, 5.41) is 136. The highest BCUT2D eigenvalue weighted by Gasteiger charge is 2.60. The number of aliphatic hydroxyl groups excluding tert-OH is 11. The van der Waals surface area contributed by atoms with Gasteiger partial charge in [0, 0.05) is 19.8 Å². The van der Waals surface area contributed by atoms with Gasteiger partial charge < -0.3 is 100 Å². The molecule has 2 amide bonds. The Kier molecular flexibility index (Phi) is 40.5. The third-order valence-corrected chi connectivity index (χ3v) is 17.0. The first kappa shape index (κ1) is 77.7. The van der Waals surface area contributed by atoms with Gasteiger partial charge in [-0.25, -0.2) is 4.79 Å². The molecule has 0 spiro atoms. The van der Waals surface area contributed by atoms with Crippen LogP contribution < -0.4 is 10.6 Å². The van der Waals surface area contributed by atoms with Gasteiger partial charge in [-0.15, -0.1) is 0 Å². The molecule has 3 saturated heterocycles. The lowest BCUT2D eigenvalue weighted by Crippen LogP contribution is -2.70. The standard InChI is InChI=1S/C63H116N2O21/c1-4-6-8-10-12-14-16-18-20-21-23-24-26-28-30-32-34-36-45(70)44(65-50(73)37-35-33-31-29-27-25-22-19-17-15-13-11-9-7-5-2)42-81-60-55(77)54(76)57(49(41-68)83-60)84-61-56(78)59(53(75)48(40-67)82-61)86-63(62(79)80)38-46(71)51(64-43(3)69)58(85-63)52(74)47(72)39-66/h34,36,44-49,51-61,66-68,70-72,74-78H,4-33,35,37-42H2,1-3H3,(H,64,69)(H,65,73)(H,79,80)/b36-34+. The number of carboxylic acid groups (broad SMARTS) is 1. The first-order chi connectivity index (χ1) is 41.4. The molecule has 18 atom stereocenters. The molecule has 0 aromatic heterocycles. The van der Waals surface area contributed by atoms with E-state index in [9.17, 15) is 75.7 Å². The second-order valence-corrected chi connectivity index (χ2v) is 24.3. The minimum absolute atomic E-state index is 0.204. The predicted molar refractivity (Wildman–Crippen MR) is 320 cm³/mol. The van der Waals surface area contributed by atoms with E-state index in [1.54, 1.807) is 6.08 Å². The maximum absolute atomic E-state index is 13.4. The number of rotatable bonds is 49. The first-order valence-electron chi connectivity index (χ1n) is 33.1. The normalized spacial score (nSPS) is 29.4. The first-order valence-corrected chi connectivity index (χ1v) is 33.1. The maximum Gasteiger partial charge on any atom is 0.364 e. The zero-order valence-electron chi connectivity index (χ0n) is 52.2. The largest absolute Gasteiger partial charge is 0.477 e. The van der Waals surface area contributed by atoms with Gasteiger partial charge in [-0.3, -0.25) is 9.59 Å². The number of carboxylic acids is 1. The van der Waals surface area contributed by atoms with E-state index in [1.165, 1.54) is 141 Å². The van der Waals surface area contributed by atoms with Crippen molar-refractivity contribution < 1.29 is 104 Å². The van der Waals surface area contributed by atoms with Crippen molar-refractivity contribution in [2.24, 2.45) is 0 Å². The molecule has 3 heterocycles. The van der Waals surface area contributed by atoms with Crippen LogP contribution in [0.5, 0.6) is 0 Å². The Bertz CT molecular complexity index is 1810. The number of hydrogen-bond donors (Lipinski definition) is 14. The highest BCUT2D eigenvalue weighted by atomic mass is 16.8. The molecule has 86 heavy (non-hydrogen) atoms. The van der Waals surface area contributed by atoms with E-state index in [1.807, 2.05) is 6.08 Å². The summed E-state index contributed by atoms with van der Waals surface area (Å²) < 4.78 is 34.7. The molecule has 0 aromatic rings. The van der Waals surface area contributed by atoms with Gasteiger partial charge in [-0.1, -0.05) is 206 Å². The summed E-state index contributed by atoms with van der Waals surface area (Å²) in [6.07, 6.45) is 11.1. The number of unbranched alkanes of at least 4 members (excludes halogenated alkanes) is 29. The molecule has 0 saturated carbocycles. The van der Waals surface area contributed by atoms with Crippen LogP contribution >= 0.6 is 0 Å². The topological polar surface area (TPSA) is 373 Å². The summed E-state index contributed by atoms with van der Waals surface area (Å²) in [5.41, 5.74) is 0. The Morgan fingerprint density at radius 3 is 1.55 bits per heavy atom. The summed E-state index contributed by atoms with van der Waals surface area (Å²) >= 11 is 0. The Morgan fingerprint density at radius 1 is 0.605 bits per heavy atom. The zero-order valence-corrected chi connectivity index (χ0v) is 52.2. The molecule has 0 bridgehead atoms. The number of hydrogen-bond acceptors (Lipinski definition) is 20. The van der Waals surface area contributed by atoms with Crippen LogP contribution in [0.2, 0.25) is 0 Å². The highest BCUT2D eigenvalue weighted by molar-refractivity contribution is 5.77. The SMILES string of the molecule is CCCCCCCCCCCCCCCCC/C=C/C(O)C(COC1OC(CO)C(OC2OC(CO)C(O)C(OC3(C(=O)O)CC(O)C(NC(C)=O)C(C(O)C(O)CO)O3)C2O)C(O)C1O)NC(=O)CCCCCCCCCCCCCCCCC. The Hall–Kier alpha value is -2.53.